The summed E-state index contributed by atoms with van der Waals surface area (Å²) in [5.74, 6) is 0.662. The van der Waals surface area contributed by atoms with Crippen molar-refractivity contribution in [3.05, 3.63) is 41.6 Å². The number of rotatable bonds is 2. The van der Waals surface area contributed by atoms with E-state index in [9.17, 15) is 0 Å². The molecule has 2 heterocycles. The molecule has 18 heavy (non-hydrogen) atoms. The molecular weight excluding hydrogens is 220 g/mol. The Bertz CT molecular complexity index is 542. The Morgan fingerprint density at radius 2 is 2.17 bits per heavy atom. The van der Waals surface area contributed by atoms with Crippen molar-refractivity contribution in [1.82, 2.24) is 10.3 Å². The lowest BCUT2D eigenvalue weighted by molar-refractivity contribution is 0.462. The number of fused-ring (bicyclic) bond motifs is 1. The van der Waals surface area contributed by atoms with Crippen molar-refractivity contribution >= 4 is 10.9 Å². The molecule has 0 bridgehead atoms. The van der Waals surface area contributed by atoms with E-state index in [1.54, 1.807) is 0 Å². The molecule has 0 radical (unpaired) electrons. The van der Waals surface area contributed by atoms with Gasteiger partial charge in [0.15, 0.2) is 0 Å². The van der Waals surface area contributed by atoms with Gasteiger partial charge in [0.05, 0.1) is 5.52 Å². The van der Waals surface area contributed by atoms with Gasteiger partial charge >= 0.3 is 0 Å². The topological polar surface area (TPSA) is 24.9 Å². The fourth-order valence-corrected chi connectivity index (χ4v) is 2.76. The summed E-state index contributed by atoms with van der Waals surface area (Å²) in [6, 6.07) is 11.1. The molecule has 1 aromatic carbocycles. The zero-order chi connectivity index (χ0) is 12.4. The third kappa shape index (κ3) is 2.25. The van der Waals surface area contributed by atoms with Gasteiger partial charge < -0.3 is 5.32 Å². The fraction of sp³-hybridized carbons (Fsp3) is 0.438. The van der Waals surface area contributed by atoms with Crippen LogP contribution in [0.4, 0.5) is 0 Å². The van der Waals surface area contributed by atoms with Gasteiger partial charge in [-0.15, -0.1) is 0 Å². The second kappa shape index (κ2) is 5.07. The van der Waals surface area contributed by atoms with Crippen LogP contribution in [0.25, 0.3) is 10.9 Å². The lowest BCUT2D eigenvalue weighted by Crippen LogP contribution is -2.28. The first-order valence-corrected chi connectivity index (χ1v) is 6.97. The van der Waals surface area contributed by atoms with Gasteiger partial charge in [-0.05, 0) is 49.4 Å². The van der Waals surface area contributed by atoms with Crippen molar-refractivity contribution in [2.45, 2.75) is 32.1 Å². The second-order valence-electron chi connectivity index (χ2n) is 5.15. The minimum absolute atomic E-state index is 0.662. The van der Waals surface area contributed by atoms with Gasteiger partial charge in [0, 0.05) is 17.6 Å². The van der Waals surface area contributed by atoms with E-state index >= 15 is 0 Å². The summed E-state index contributed by atoms with van der Waals surface area (Å²) >= 11 is 0. The maximum absolute atomic E-state index is 4.73. The first-order valence-electron chi connectivity index (χ1n) is 6.97. The van der Waals surface area contributed by atoms with E-state index in [0.29, 0.717) is 5.92 Å². The van der Waals surface area contributed by atoms with E-state index < -0.39 is 0 Å². The molecule has 2 nitrogen and oxygen atoms in total. The molecule has 1 aromatic heterocycles. The molecule has 0 saturated carbocycles. The minimum Gasteiger partial charge on any atom is -0.316 e. The highest BCUT2D eigenvalue weighted by Crippen LogP contribution is 2.26. The van der Waals surface area contributed by atoms with Crippen molar-refractivity contribution < 1.29 is 0 Å². The maximum atomic E-state index is 4.73. The van der Waals surface area contributed by atoms with Gasteiger partial charge in [0.2, 0.25) is 0 Å². The highest BCUT2D eigenvalue weighted by molar-refractivity contribution is 5.79. The number of nitrogens with zero attached hydrogens (tertiary/aromatic N) is 1. The molecule has 1 aliphatic heterocycles. The fourth-order valence-electron chi connectivity index (χ4n) is 2.76. The summed E-state index contributed by atoms with van der Waals surface area (Å²) in [7, 11) is 0. The summed E-state index contributed by atoms with van der Waals surface area (Å²) in [6.45, 7) is 4.43. The molecule has 0 spiro atoms. The van der Waals surface area contributed by atoms with Crippen LogP contribution in [0.2, 0.25) is 0 Å². The van der Waals surface area contributed by atoms with Crippen LogP contribution in [0, 0.1) is 0 Å². The van der Waals surface area contributed by atoms with Crippen molar-refractivity contribution in [2.24, 2.45) is 0 Å². The highest BCUT2D eigenvalue weighted by Gasteiger charge is 2.15. The Balaban J connectivity index is 1.97. The van der Waals surface area contributed by atoms with Crippen LogP contribution in [-0.2, 0) is 6.42 Å². The maximum Gasteiger partial charge on any atom is 0.0708 e. The Hall–Kier alpha value is -1.41. The second-order valence-corrected chi connectivity index (χ2v) is 5.15. The van der Waals surface area contributed by atoms with Gasteiger partial charge in [-0.3, -0.25) is 4.98 Å². The van der Waals surface area contributed by atoms with Crippen LogP contribution < -0.4 is 5.32 Å². The predicted molar refractivity (Wildman–Crippen MR) is 76.0 cm³/mol. The number of aromatic nitrogens is 1. The molecular formula is C16H20N2. The minimum atomic E-state index is 0.662. The van der Waals surface area contributed by atoms with E-state index in [2.05, 4.69) is 42.6 Å². The number of pyridine rings is 1. The molecule has 2 aromatic rings. The number of piperidine rings is 1. The number of benzene rings is 1. The van der Waals surface area contributed by atoms with Gasteiger partial charge in [0.25, 0.3) is 0 Å². The zero-order valence-electron chi connectivity index (χ0n) is 10.9. The molecule has 1 N–H and O–H groups in total. The number of hydrogen-bond acceptors (Lipinski definition) is 2. The van der Waals surface area contributed by atoms with Crippen LogP contribution in [0.3, 0.4) is 0 Å². The van der Waals surface area contributed by atoms with Crippen molar-refractivity contribution in [3.8, 4) is 0 Å². The van der Waals surface area contributed by atoms with Crippen LogP contribution in [-0.4, -0.2) is 18.1 Å². The third-order valence-corrected chi connectivity index (χ3v) is 3.90. The Morgan fingerprint density at radius 1 is 1.28 bits per heavy atom. The SMILES string of the molecule is CCc1ccc2ccc([C@@H]3CCCNC3)cc2n1. The van der Waals surface area contributed by atoms with Gasteiger partial charge in [-0.25, -0.2) is 0 Å². The van der Waals surface area contributed by atoms with E-state index in [4.69, 9.17) is 4.98 Å². The lowest BCUT2D eigenvalue weighted by Gasteiger charge is -2.23. The normalized spacial score (nSPS) is 20.2. The molecule has 1 aliphatic rings. The standard InChI is InChI=1S/C16H20N2/c1-2-15-8-7-12-5-6-13(10-16(12)18-15)14-4-3-9-17-11-14/h5-8,10,14,17H,2-4,9,11H2,1H3/t14-/m1/s1. The summed E-state index contributed by atoms with van der Waals surface area (Å²) in [5.41, 5.74) is 3.77. The van der Waals surface area contributed by atoms with Gasteiger partial charge in [-0.2, -0.15) is 0 Å². The highest BCUT2D eigenvalue weighted by atomic mass is 14.9. The first kappa shape index (κ1) is 11.7. The van der Waals surface area contributed by atoms with Crippen LogP contribution >= 0.6 is 0 Å². The van der Waals surface area contributed by atoms with Crippen LogP contribution in [0.5, 0.6) is 0 Å². The summed E-state index contributed by atoms with van der Waals surface area (Å²) in [6.07, 6.45) is 3.59. The average molecular weight is 240 g/mol. The third-order valence-electron chi connectivity index (χ3n) is 3.90. The van der Waals surface area contributed by atoms with E-state index in [0.717, 1.165) is 18.5 Å². The first-order chi connectivity index (χ1) is 8.86. The number of hydrogen-bond donors (Lipinski definition) is 1. The van der Waals surface area contributed by atoms with E-state index in [1.807, 2.05) is 0 Å². The quantitative estimate of drug-likeness (QED) is 0.871. The molecule has 0 amide bonds. The Morgan fingerprint density at radius 3 is 2.94 bits per heavy atom. The van der Waals surface area contributed by atoms with Crippen molar-refractivity contribution in [2.75, 3.05) is 13.1 Å². The molecule has 2 heteroatoms. The predicted octanol–water partition coefficient (Wildman–Crippen LogP) is 3.26. The van der Waals surface area contributed by atoms with Crippen LogP contribution in [0.1, 0.15) is 36.9 Å². The largest absolute Gasteiger partial charge is 0.316 e. The van der Waals surface area contributed by atoms with Crippen molar-refractivity contribution in [1.29, 1.82) is 0 Å². The van der Waals surface area contributed by atoms with Gasteiger partial charge in [0.1, 0.15) is 0 Å². The average Bonchev–Trinajstić information content (AvgIpc) is 2.47. The molecule has 1 atom stereocenters. The van der Waals surface area contributed by atoms with Crippen molar-refractivity contribution in [3.63, 3.8) is 0 Å². The molecule has 94 valence electrons. The zero-order valence-corrected chi connectivity index (χ0v) is 10.9. The molecule has 1 fully saturated rings. The summed E-state index contributed by atoms with van der Waals surface area (Å²) in [5, 5.41) is 4.73. The Kier molecular flexibility index (Phi) is 3.28. The van der Waals surface area contributed by atoms with E-state index in [-0.39, 0.29) is 0 Å². The molecule has 1 saturated heterocycles. The summed E-state index contributed by atoms with van der Waals surface area (Å²) < 4.78 is 0. The number of nitrogens with one attached hydrogen (secondary N) is 1. The van der Waals surface area contributed by atoms with Crippen LogP contribution in [0.15, 0.2) is 30.3 Å². The summed E-state index contributed by atoms with van der Waals surface area (Å²) in [4.78, 5) is 4.73. The molecule has 0 unspecified atom stereocenters. The van der Waals surface area contributed by atoms with E-state index in [1.165, 1.54) is 36.0 Å². The lowest BCUT2D eigenvalue weighted by atomic mass is 9.91. The van der Waals surface area contributed by atoms with Gasteiger partial charge in [-0.1, -0.05) is 25.1 Å². The molecule has 0 aliphatic carbocycles. The molecule has 3 rings (SSSR count). The Labute approximate surface area is 108 Å². The monoisotopic (exact) mass is 240 g/mol. The smallest absolute Gasteiger partial charge is 0.0708 e. The number of aryl methyl sites for hydroxylation is 1.